The van der Waals surface area contributed by atoms with E-state index in [9.17, 15) is 27.2 Å². The molecule has 0 saturated carbocycles. The summed E-state index contributed by atoms with van der Waals surface area (Å²) in [5.41, 5.74) is -0.0222. The second kappa shape index (κ2) is 9.78. The summed E-state index contributed by atoms with van der Waals surface area (Å²) in [5, 5.41) is 2.40. The van der Waals surface area contributed by atoms with Crippen LogP contribution in [0, 0.1) is 5.82 Å². The first-order valence-electron chi connectivity index (χ1n) is 9.46. The van der Waals surface area contributed by atoms with E-state index in [1.54, 1.807) is 4.90 Å². The molecule has 166 valence electrons. The summed E-state index contributed by atoms with van der Waals surface area (Å²) in [6.07, 6.45) is -4.75. The molecule has 1 aliphatic heterocycles. The van der Waals surface area contributed by atoms with E-state index in [1.165, 1.54) is 30.3 Å². The number of nitrogens with zero attached hydrogens (tertiary/aromatic N) is 1. The summed E-state index contributed by atoms with van der Waals surface area (Å²) < 4.78 is 62.4. The Morgan fingerprint density at radius 2 is 1.74 bits per heavy atom. The molecule has 1 N–H and O–H groups in total. The molecule has 1 amide bonds. The number of amides is 1. The van der Waals surface area contributed by atoms with Crippen LogP contribution in [0.5, 0.6) is 0 Å². The Balaban J connectivity index is 1.65. The molecule has 1 aliphatic rings. The maximum absolute atomic E-state index is 13.1. The van der Waals surface area contributed by atoms with Crippen LogP contribution < -0.4 is 10.2 Å². The minimum Gasteiger partial charge on any atom is -0.455 e. The molecule has 2 aromatic rings. The first-order chi connectivity index (χ1) is 14.7. The first kappa shape index (κ1) is 22.5. The van der Waals surface area contributed by atoms with Crippen molar-refractivity contribution >= 4 is 23.3 Å². The van der Waals surface area contributed by atoms with Crippen LogP contribution in [0.3, 0.4) is 0 Å². The number of morpholine rings is 1. The summed E-state index contributed by atoms with van der Waals surface area (Å²) in [6, 6.07) is 8.30. The highest BCUT2D eigenvalue weighted by molar-refractivity contribution is 5.96. The normalized spacial score (nSPS) is 14.3. The van der Waals surface area contributed by atoms with E-state index >= 15 is 0 Å². The van der Waals surface area contributed by atoms with Crippen molar-refractivity contribution in [2.45, 2.75) is 12.6 Å². The minimum atomic E-state index is -4.58. The van der Waals surface area contributed by atoms with Gasteiger partial charge in [0.25, 0.3) is 5.91 Å². The number of anilines is 2. The molecule has 0 radical (unpaired) electrons. The highest BCUT2D eigenvalue weighted by atomic mass is 19.4. The fourth-order valence-corrected chi connectivity index (χ4v) is 3.04. The molecule has 0 unspecified atom stereocenters. The van der Waals surface area contributed by atoms with E-state index in [0.717, 1.165) is 12.1 Å². The first-order valence-corrected chi connectivity index (χ1v) is 9.46. The maximum Gasteiger partial charge on any atom is 0.416 e. The molecular weight excluding hydrogens is 420 g/mol. The molecule has 1 heterocycles. The fourth-order valence-electron chi connectivity index (χ4n) is 3.04. The molecule has 31 heavy (non-hydrogen) atoms. The lowest BCUT2D eigenvalue weighted by molar-refractivity contribution is -0.146. The van der Waals surface area contributed by atoms with Gasteiger partial charge in [0.2, 0.25) is 0 Å². The smallest absolute Gasteiger partial charge is 0.416 e. The van der Waals surface area contributed by atoms with Crippen LogP contribution >= 0.6 is 0 Å². The Labute approximate surface area is 175 Å². The van der Waals surface area contributed by atoms with Crippen LogP contribution in [0.2, 0.25) is 0 Å². The number of benzene rings is 2. The SMILES string of the molecule is O=C(COC(=O)Cc1ccc(F)cc1)Nc1cc(C(F)(F)F)ccc1N1CCOCC1. The molecule has 1 saturated heterocycles. The van der Waals surface area contributed by atoms with Crippen LogP contribution in [-0.2, 0) is 31.7 Å². The summed E-state index contributed by atoms with van der Waals surface area (Å²) in [6.45, 7) is 1.07. The quantitative estimate of drug-likeness (QED) is 0.551. The third kappa shape index (κ3) is 6.42. The molecule has 2 aromatic carbocycles. The van der Waals surface area contributed by atoms with Gasteiger partial charge < -0.3 is 19.7 Å². The van der Waals surface area contributed by atoms with Crippen molar-refractivity contribution in [3.8, 4) is 0 Å². The van der Waals surface area contributed by atoms with E-state index in [4.69, 9.17) is 9.47 Å². The van der Waals surface area contributed by atoms with Crippen LogP contribution in [0.1, 0.15) is 11.1 Å². The third-order valence-corrected chi connectivity index (χ3v) is 4.58. The Morgan fingerprint density at radius 3 is 2.39 bits per heavy atom. The van der Waals surface area contributed by atoms with Gasteiger partial charge in [-0.2, -0.15) is 13.2 Å². The monoisotopic (exact) mass is 440 g/mol. The number of hydrogen-bond donors (Lipinski definition) is 1. The van der Waals surface area contributed by atoms with Crippen LogP contribution in [0.4, 0.5) is 28.9 Å². The van der Waals surface area contributed by atoms with Crippen LogP contribution in [-0.4, -0.2) is 44.8 Å². The molecule has 1 fully saturated rings. The summed E-state index contributed by atoms with van der Waals surface area (Å²) >= 11 is 0. The number of nitrogens with one attached hydrogen (secondary N) is 1. The predicted octanol–water partition coefficient (Wildman–Crippen LogP) is 3.41. The zero-order chi connectivity index (χ0) is 22.4. The van der Waals surface area contributed by atoms with Gasteiger partial charge in [-0.25, -0.2) is 4.39 Å². The number of carbonyl (C=O) groups is 2. The Kier molecular flexibility index (Phi) is 7.11. The molecule has 0 aliphatic carbocycles. The van der Waals surface area contributed by atoms with E-state index in [0.29, 0.717) is 37.6 Å². The topological polar surface area (TPSA) is 67.9 Å². The minimum absolute atomic E-state index is 0.0312. The standard InChI is InChI=1S/C21H20F4N2O4/c22-16-4-1-14(2-5-16)11-20(29)31-13-19(28)26-17-12-15(21(23,24)25)3-6-18(17)27-7-9-30-10-8-27/h1-6,12H,7-11,13H2,(H,26,28). The van der Waals surface area contributed by atoms with Crippen molar-refractivity contribution in [3.05, 3.63) is 59.4 Å². The lowest BCUT2D eigenvalue weighted by Crippen LogP contribution is -2.37. The van der Waals surface area contributed by atoms with Gasteiger partial charge in [-0.15, -0.1) is 0 Å². The van der Waals surface area contributed by atoms with Crippen molar-refractivity contribution in [3.63, 3.8) is 0 Å². The number of rotatable bonds is 6. The molecule has 0 bridgehead atoms. The average molecular weight is 440 g/mol. The number of halogens is 4. The summed E-state index contributed by atoms with van der Waals surface area (Å²) in [7, 11) is 0. The number of alkyl halides is 3. The second-order valence-corrected chi connectivity index (χ2v) is 6.84. The Morgan fingerprint density at radius 1 is 1.06 bits per heavy atom. The second-order valence-electron chi connectivity index (χ2n) is 6.84. The van der Waals surface area contributed by atoms with Crippen LogP contribution in [0.15, 0.2) is 42.5 Å². The van der Waals surface area contributed by atoms with Crippen molar-refractivity contribution in [1.82, 2.24) is 0 Å². The molecule has 0 atom stereocenters. The number of hydrogen-bond acceptors (Lipinski definition) is 5. The molecule has 6 nitrogen and oxygen atoms in total. The summed E-state index contributed by atoms with van der Waals surface area (Å²) in [4.78, 5) is 25.9. The van der Waals surface area contributed by atoms with Gasteiger partial charge in [-0.1, -0.05) is 12.1 Å². The number of ether oxygens (including phenoxy) is 2. The van der Waals surface area contributed by atoms with E-state index < -0.39 is 36.0 Å². The van der Waals surface area contributed by atoms with Crippen molar-refractivity contribution in [2.75, 3.05) is 43.1 Å². The highest BCUT2D eigenvalue weighted by Crippen LogP contribution is 2.35. The lowest BCUT2D eigenvalue weighted by Gasteiger charge is -2.31. The van der Waals surface area contributed by atoms with Gasteiger partial charge in [-0.05, 0) is 35.9 Å². The van der Waals surface area contributed by atoms with Gasteiger partial charge in [0.1, 0.15) is 5.82 Å². The fraction of sp³-hybridized carbons (Fsp3) is 0.333. The van der Waals surface area contributed by atoms with E-state index in [2.05, 4.69) is 5.32 Å². The Hall–Kier alpha value is -3.14. The van der Waals surface area contributed by atoms with Gasteiger partial charge in [0.05, 0.1) is 36.6 Å². The van der Waals surface area contributed by atoms with Gasteiger partial charge in [0.15, 0.2) is 6.61 Å². The largest absolute Gasteiger partial charge is 0.455 e. The van der Waals surface area contributed by atoms with Crippen LogP contribution in [0.25, 0.3) is 0 Å². The number of carbonyl (C=O) groups excluding carboxylic acids is 2. The van der Waals surface area contributed by atoms with Crippen molar-refractivity contribution < 1.29 is 36.6 Å². The molecule has 10 heteroatoms. The van der Waals surface area contributed by atoms with Crippen molar-refractivity contribution in [1.29, 1.82) is 0 Å². The van der Waals surface area contributed by atoms with Gasteiger partial charge >= 0.3 is 12.1 Å². The Bertz CT molecular complexity index is 926. The van der Waals surface area contributed by atoms with E-state index in [1.807, 2.05) is 0 Å². The third-order valence-electron chi connectivity index (χ3n) is 4.58. The van der Waals surface area contributed by atoms with Gasteiger partial charge in [-0.3, -0.25) is 9.59 Å². The zero-order valence-electron chi connectivity index (χ0n) is 16.4. The maximum atomic E-state index is 13.1. The molecule has 0 aromatic heterocycles. The van der Waals surface area contributed by atoms with E-state index in [-0.39, 0.29) is 12.1 Å². The molecular formula is C21H20F4N2O4. The summed E-state index contributed by atoms with van der Waals surface area (Å²) in [5.74, 6) is -1.95. The molecule has 3 rings (SSSR count). The predicted molar refractivity (Wildman–Crippen MR) is 104 cm³/mol. The zero-order valence-corrected chi connectivity index (χ0v) is 16.4. The van der Waals surface area contributed by atoms with Crippen molar-refractivity contribution in [2.24, 2.45) is 0 Å². The highest BCUT2D eigenvalue weighted by Gasteiger charge is 2.32. The lowest BCUT2D eigenvalue weighted by atomic mass is 10.1. The molecule has 0 spiro atoms. The average Bonchev–Trinajstić information content (AvgIpc) is 2.74. The number of esters is 1. The van der Waals surface area contributed by atoms with Gasteiger partial charge in [0, 0.05) is 13.1 Å².